The molecule has 0 atom stereocenters. The summed E-state index contributed by atoms with van der Waals surface area (Å²) in [5, 5.41) is 2.69. The van der Waals surface area contributed by atoms with Crippen molar-refractivity contribution >= 4 is 21.6 Å². The summed E-state index contributed by atoms with van der Waals surface area (Å²) >= 11 is 0. The molecule has 0 aliphatic heterocycles. The first-order valence-electron chi connectivity index (χ1n) is 6.62. The number of nitrogens with one attached hydrogen (secondary N) is 1. The van der Waals surface area contributed by atoms with Gasteiger partial charge in [-0.1, -0.05) is 0 Å². The normalized spacial score (nSPS) is 11.7. The monoisotopic (exact) mass is 322 g/mol. The number of carbonyl (C=O) groups is 1. The second-order valence-electron chi connectivity index (χ2n) is 5.13. The second-order valence-corrected chi connectivity index (χ2v) is 7.28. The average Bonchev–Trinajstić information content (AvgIpc) is 2.97. The summed E-state index contributed by atoms with van der Waals surface area (Å²) in [6.45, 7) is 3.62. The van der Waals surface area contributed by atoms with Crippen molar-refractivity contribution in [2.75, 3.05) is 19.4 Å². The molecule has 2 aromatic rings. The zero-order valence-electron chi connectivity index (χ0n) is 12.9. The number of aryl methyl sites for hydroxylation is 1. The van der Waals surface area contributed by atoms with Gasteiger partial charge < -0.3 is 9.73 Å². The molecular weight excluding hydrogens is 304 g/mol. The van der Waals surface area contributed by atoms with E-state index in [4.69, 9.17) is 4.42 Å². The summed E-state index contributed by atoms with van der Waals surface area (Å²) in [5.74, 6) is -0.259. The molecule has 0 bridgehead atoms. The van der Waals surface area contributed by atoms with Gasteiger partial charge in [0.05, 0.1) is 11.2 Å². The van der Waals surface area contributed by atoms with Crippen molar-refractivity contribution < 1.29 is 17.6 Å². The smallest absolute Gasteiger partial charge is 0.291 e. The molecule has 118 valence electrons. The summed E-state index contributed by atoms with van der Waals surface area (Å²) < 4.78 is 30.7. The Balaban J connectivity index is 2.44. The number of carbonyl (C=O) groups excluding carboxylic acids is 1. The van der Waals surface area contributed by atoms with Crippen LogP contribution >= 0.6 is 0 Å². The number of hydrogen-bond acceptors (Lipinski definition) is 4. The van der Waals surface area contributed by atoms with Gasteiger partial charge in [-0.25, -0.2) is 12.7 Å². The first-order chi connectivity index (χ1) is 10.2. The third-order valence-electron chi connectivity index (χ3n) is 3.41. The van der Waals surface area contributed by atoms with Gasteiger partial charge in [0.15, 0.2) is 5.76 Å². The van der Waals surface area contributed by atoms with E-state index in [1.165, 1.54) is 32.5 Å². The predicted molar refractivity (Wildman–Crippen MR) is 83.5 cm³/mol. The Kier molecular flexibility index (Phi) is 4.39. The predicted octanol–water partition coefficient (Wildman–Crippen LogP) is 2.40. The minimum absolute atomic E-state index is 0.135. The number of rotatable bonds is 4. The highest BCUT2D eigenvalue weighted by molar-refractivity contribution is 7.89. The number of anilines is 1. The van der Waals surface area contributed by atoms with Crippen molar-refractivity contribution in [1.82, 2.24) is 4.31 Å². The number of sulfonamides is 1. The quantitative estimate of drug-likeness (QED) is 0.937. The second kappa shape index (κ2) is 5.94. The molecule has 1 heterocycles. The van der Waals surface area contributed by atoms with E-state index < -0.39 is 15.9 Å². The highest BCUT2D eigenvalue weighted by Crippen LogP contribution is 2.26. The fraction of sp³-hybridized carbons (Fsp3) is 0.267. The summed E-state index contributed by atoms with van der Waals surface area (Å²) in [6.07, 6.45) is 1.40. The van der Waals surface area contributed by atoms with Gasteiger partial charge in [-0.15, -0.1) is 0 Å². The first-order valence-corrected chi connectivity index (χ1v) is 8.06. The maximum absolute atomic E-state index is 12.3. The average molecular weight is 322 g/mol. The molecule has 7 heteroatoms. The van der Waals surface area contributed by atoms with Crippen LogP contribution in [0.25, 0.3) is 0 Å². The number of furan rings is 1. The zero-order valence-corrected chi connectivity index (χ0v) is 13.7. The van der Waals surface area contributed by atoms with Crippen molar-refractivity contribution in [2.45, 2.75) is 18.7 Å². The van der Waals surface area contributed by atoms with Gasteiger partial charge in [0.2, 0.25) is 10.0 Å². The van der Waals surface area contributed by atoms with Crippen LogP contribution in [0, 0.1) is 13.8 Å². The topological polar surface area (TPSA) is 79.6 Å². The van der Waals surface area contributed by atoms with Crippen LogP contribution in [-0.4, -0.2) is 32.7 Å². The maximum atomic E-state index is 12.3. The Morgan fingerprint density at radius 3 is 2.45 bits per heavy atom. The van der Waals surface area contributed by atoms with E-state index >= 15 is 0 Å². The van der Waals surface area contributed by atoms with Gasteiger partial charge >= 0.3 is 0 Å². The molecule has 0 aliphatic rings. The Bertz CT molecular complexity index is 793. The Morgan fingerprint density at radius 2 is 1.91 bits per heavy atom. The van der Waals surface area contributed by atoms with Crippen LogP contribution in [0.4, 0.5) is 5.69 Å². The molecule has 6 nitrogen and oxygen atoms in total. The molecule has 0 radical (unpaired) electrons. The van der Waals surface area contributed by atoms with Crippen LogP contribution < -0.4 is 5.32 Å². The van der Waals surface area contributed by atoms with Gasteiger partial charge in [-0.2, -0.15) is 0 Å². The van der Waals surface area contributed by atoms with E-state index in [0.29, 0.717) is 5.69 Å². The lowest BCUT2D eigenvalue weighted by atomic mass is 10.1. The number of amides is 1. The molecule has 1 amide bonds. The van der Waals surface area contributed by atoms with Crippen molar-refractivity contribution in [1.29, 1.82) is 0 Å². The molecule has 1 N–H and O–H groups in total. The Hall–Kier alpha value is -2.12. The molecule has 1 aromatic carbocycles. The third kappa shape index (κ3) is 3.05. The van der Waals surface area contributed by atoms with Gasteiger partial charge in [-0.3, -0.25) is 4.79 Å². The number of benzene rings is 1. The van der Waals surface area contributed by atoms with E-state index in [9.17, 15) is 13.2 Å². The largest absolute Gasteiger partial charge is 0.459 e. The number of hydrogen-bond donors (Lipinski definition) is 1. The lowest BCUT2D eigenvalue weighted by Crippen LogP contribution is -2.23. The zero-order chi connectivity index (χ0) is 16.5. The SMILES string of the molecule is Cc1cc(S(=O)(=O)N(C)C)cc(NC(=O)c2ccco2)c1C. The van der Waals surface area contributed by atoms with Crippen LogP contribution in [0.3, 0.4) is 0 Å². The van der Waals surface area contributed by atoms with Gasteiger partial charge in [0.1, 0.15) is 0 Å². The van der Waals surface area contributed by atoms with Crippen LogP contribution in [0.2, 0.25) is 0 Å². The molecular formula is C15H18N2O4S. The fourth-order valence-electron chi connectivity index (χ4n) is 1.91. The van der Waals surface area contributed by atoms with Gasteiger partial charge in [0, 0.05) is 19.8 Å². The Morgan fingerprint density at radius 1 is 1.23 bits per heavy atom. The highest BCUT2D eigenvalue weighted by atomic mass is 32.2. The summed E-state index contributed by atoms with van der Waals surface area (Å²) in [5.41, 5.74) is 2.03. The van der Waals surface area contributed by atoms with E-state index in [2.05, 4.69) is 5.32 Å². The molecule has 1 aromatic heterocycles. The van der Waals surface area contributed by atoms with Crippen LogP contribution in [0.5, 0.6) is 0 Å². The molecule has 22 heavy (non-hydrogen) atoms. The minimum Gasteiger partial charge on any atom is -0.459 e. The van der Waals surface area contributed by atoms with E-state index in [-0.39, 0.29) is 10.7 Å². The summed E-state index contributed by atoms with van der Waals surface area (Å²) in [6, 6.07) is 6.20. The van der Waals surface area contributed by atoms with Gasteiger partial charge in [-0.05, 0) is 49.2 Å². The minimum atomic E-state index is -3.57. The first kappa shape index (κ1) is 16.3. The van der Waals surface area contributed by atoms with Crippen LogP contribution in [0.1, 0.15) is 21.7 Å². The summed E-state index contributed by atoms with van der Waals surface area (Å²) in [7, 11) is -0.642. The molecule has 0 unspecified atom stereocenters. The fourth-order valence-corrected chi connectivity index (χ4v) is 2.92. The lowest BCUT2D eigenvalue weighted by Gasteiger charge is -2.16. The summed E-state index contributed by atoms with van der Waals surface area (Å²) in [4.78, 5) is 12.2. The standard InChI is InChI=1S/C15H18N2O4S/c1-10-8-12(22(19,20)17(3)4)9-13(11(10)2)16-15(18)14-6-5-7-21-14/h5-9H,1-4H3,(H,16,18). The molecule has 0 saturated carbocycles. The maximum Gasteiger partial charge on any atom is 0.291 e. The van der Waals surface area contributed by atoms with Gasteiger partial charge in [0.25, 0.3) is 5.91 Å². The van der Waals surface area contributed by atoms with Crippen molar-refractivity contribution in [3.63, 3.8) is 0 Å². The van der Waals surface area contributed by atoms with Crippen molar-refractivity contribution in [3.05, 3.63) is 47.4 Å². The molecule has 0 saturated heterocycles. The van der Waals surface area contributed by atoms with E-state index in [1.54, 1.807) is 19.1 Å². The van der Waals surface area contributed by atoms with E-state index in [1.807, 2.05) is 6.92 Å². The van der Waals surface area contributed by atoms with Crippen molar-refractivity contribution in [2.24, 2.45) is 0 Å². The van der Waals surface area contributed by atoms with Crippen molar-refractivity contribution in [3.8, 4) is 0 Å². The highest BCUT2D eigenvalue weighted by Gasteiger charge is 2.20. The number of nitrogens with zero attached hydrogens (tertiary/aromatic N) is 1. The Labute approximate surface area is 129 Å². The van der Waals surface area contributed by atoms with Crippen LogP contribution in [0.15, 0.2) is 39.8 Å². The molecule has 0 fully saturated rings. The molecule has 2 rings (SSSR count). The lowest BCUT2D eigenvalue weighted by molar-refractivity contribution is 0.0996. The molecule has 0 spiro atoms. The van der Waals surface area contributed by atoms with Crippen LogP contribution in [-0.2, 0) is 10.0 Å². The third-order valence-corrected chi connectivity index (χ3v) is 5.21. The molecule has 0 aliphatic carbocycles. The van der Waals surface area contributed by atoms with E-state index in [0.717, 1.165) is 15.4 Å².